The number of nitrogens with zero attached hydrogens (tertiary/aromatic N) is 2. The van der Waals surface area contributed by atoms with Crippen molar-refractivity contribution in [2.75, 3.05) is 13.7 Å². The molecular formula is C9H11BN2O4. The lowest BCUT2D eigenvalue weighted by atomic mass is 9.85. The number of rotatable bonds is 2. The summed E-state index contributed by atoms with van der Waals surface area (Å²) >= 11 is 0. The molecule has 1 aromatic heterocycles. The van der Waals surface area contributed by atoms with Crippen LogP contribution in [0, 0.1) is 0 Å². The molecular weight excluding hydrogens is 211 g/mol. The highest BCUT2D eigenvalue weighted by Crippen LogP contribution is 2.06. The van der Waals surface area contributed by atoms with Crippen LogP contribution >= 0.6 is 0 Å². The van der Waals surface area contributed by atoms with Crippen LogP contribution in [0.1, 0.15) is 17.5 Å². The zero-order valence-corrected chi connectivity index (χ0v) is 9.04. The van der Waals surface area contributed by atoms with E-state index >= 15 is 0 Å². The Morgan fingerprint density at radius 1 is 1.69 bits per heavy atom. The standard InChI is InChI=1S/C9H11BN2O4/c1-6-5-15-10(16-6)7-3-4-11-8(12-7)9(13)14-2/h3-4,6H,5H2,1-2H3. The van der Waals surface area contributed by atoms with Crippen molar-refractivity contribution in [3.05, 3.63) is 18.1 Å². The van der Waals surface area contributed by atoms with Gasteiger partial charge in [-0.1, -0.05) is 0 Å². The normalized spacial score (nSPS) is 19.9. The van der Waals surface area contributed by atoms with Crippen LogP contribution in [0.5, 0.6) is 0 Å². The second-order valence-corrected chi connectivity index (χ2v) is 3.41. The highest BCUT2D eigenvalue weighted by atomic mass is 16.6. The van der Waals surface area contributed by atoms with E-state index in [-0.39, 0.29) is 11.9 Å². The van der Waals surface area contributed by atoms with Crippen LogP contribution in [0.3, 0.4) is 0 Å². The van der Waals surface area contributed by atoms with Gasteiger partial charge in [0.1, 0.15) is 0 Å². The number of methoxy groups -OCH3 is 1. The minimum atomic E-state index is -0.576. The summed E-state index contributed by atoms with van der Waals surface area (Å²) in [6, 6.07) is 1.65. The van der Waals surface area contributed by atoms with Crippen molar-refractivity contribution < 1.29 is 18.8 Å². The van der Waals surface area contributed by atoms with Gasteiger partial charge in [0.2, 0.25) is 5.82 Å². The summed E-state index contributed by atoms with van der Waals surface area (Å²) in [5.74, 6) is -0.570. The summed E-state index contributed by atoms with van der Waals surface area (Å²) in [4.78, 5) is 19.0. The molecule has 84 valence electrons. The number of hydrogen-bond acceptors (Lipinski definition) is 6. The second kappa shape index (κ2) is 4.59. The molecule has 0 spiro atoms. The van der Waals surface area contributed by atoms with Gasteiger partial charge < -0.3 is 14.0 Å². The maximum Gasteiger partial charge on any atom is 0.514 e. The predicted molar refractivity (Wildman–Crippen MR) is 55.3 cm³/mol. The van der Waals surface area contributed by atoms with E-state index in [4.69, 9.17) is 9.31 Å². The highest BCUT2D eigenvalue weighted by Gasteiger charge is 2.32. The summed E-state index contributed by atoms with van der Waals surface area (Å²) in [7, 11) is 0.754. The average Bonchev–Trinajstić information content (AvgIpc) is 2.75. The third-order valence-corrected chi connectivity index (χ3v) is 2.12. The van der Waals surface area contributed by atoms with Crippen LogP contribution < -0.4 is 5.59 Å². The lowest BCUT2D eigenvalue weighted by Crippen LogP contribution is -2.36. The summed E-state index contributed by atoms with van der Waals surface area (Å²) in [5, 5.41) is 0. The zero-order chi connectivity index (χ0) is 11.5. The molecule has 1 unspecified atom stereocenters. The molecule has 0 bridgehead atoms. The van der Waals surface area contributed by atoms with E-state index in [1.165, 1.54) is 13.3 Å². The van der Waals surface area contributed by atoms with Gasteiger partial charge >= 0.3 is 13.1 Å². The Balaban J connectivity index is 2.19. The number of carbonyl (C=O) groups is 1. The molecule has 1 saturated heterocycles. The third-order valence-electron chi connectivity index (χ3n) is 2.12. The quantitative estimate of drug-likeness (QED) is 0.491. The fourth-order valence-electron chi connectivity index (χ4n) is 1.36. The Hall–Kier alpha value is -1.47. The molecule has 0 saturated carbocycles. The smallest absolute Gasteiger partial charge is 0.463 e. The van der Waals surface area contributed by atoms with Gasteiger partial charge in [-0.2, -0.15) is 0 Å². The van der Waals surface area contributed by atoms with Crippen molar-refractivity contribution in [1.82, 2.24) is 9.97 Å². The Labute approximate surface area is 93.1 Å². The van der Waals surface area contributed by atoms with Crippen molar-refractivity contribution in [2.45, 2.75) is 13.0 Å². The molecule has 0 amide bonds. The molecule has 1 aromatic rings. The van der Waals surface area contributed by atoms with Gasteiger partial charge in [-0.15, -0.1) is 0 Å². The van der Waals surface area contributed by atoms with Crippen LogP contribution in [0.15, 0.2) is 12.3 Å². The van der Waals surface area contributed by atoms with E-state index in [0.717, 1.165) is 0 Å². The first kappa shape index (κ1) is 11.0. The molecule has 1 aliphatic heterocycles. The van der Waals surface area contributed by atoms with E-state index in [1.807, 2.05) is 6.92 Å². The third kappa shape index (κ3) is 2.20. The molecule has 2 rings (SSSR count). The van der Waals surface area contributed by atoms with Gasteiger partial charge in [-0.05, 0) is 13.0 Å². The van der Waals surface area contributed by atoms with Crippen molar-refractivity contribution in [3.8, 4) is 0 Å². The number of esters is 1. The largest absolute Gasteiger partial charge is 0.514 e. The molecule has 16 heavy (non-hydrogen) atoms. The second-order valence-electron chi connectivity index (χ2n) is 3.41. The topological polar surface area (TPSA) is 70.5 Å². The molecule has 7 heteroatoms. The summed E-state index contributed by atoms with van der Waals surface area (Å²) < 4.78 is 15.3. The van der Waals surface area contributed by atoms with E-state index < -0.39 is 13.1 Å². The zero-order valence-electron chi connectivity index (χ0n) is 9.04. The molecule has 0 N–H and O–H groups in total. The fourth-order valence-corrected chi connectivity index (χ4v) is 1.36. The molecule has 0 aliphatic carbocycles. The van der Waals surface area contributed by atoms with Gasteiger partial charge in [-0.25, -0.2) is 14.8 Å². The number of hydrogen-bond donors (Lipinski definition) is 0. The van der Waals surface area contributed by atoms with E-state index in [0.29, 0.717) is 12.2 Å². The molecule has 1 fully saturated rings. The Morgan fingerprint density at radius 3 is 3.12 bits per heavy atom. The molecule has 1 aliphatic rings. The fraction of sp³-hybridized carbons (Fsp3) is 0.444. The van der Waals surface area contributed by atoms with Crippen LogP contribution in [0.2, 0.25) is 0 Å². The van der Waals surface area contributed by atoms with Crippen molar-refractivity contribution >= 4 is 18.7 Å². The number of aromatic nitrogens is 2. The Bertz CT molecular complexity index is 401. The van der Waals surface area contributed by atoms with Crippen molar-refractivity contribution in [2.24, 2.45) is 0 Å². The van der Waals surface area contributed by atoms with Gasteiger partial charge in [0, 0.05) is 6.20 Å². The summed E-state index contributed by atoms with van der Waals surface area (Å²) in [6.07, 6.45) is 1.51. The summed E-state index contributed by atoms with van der Waals surface area (Å²) in [6.45, 7) is 2.42. The molecule has 0 aromatic carbocycles. The molecule has 0 radical (unpaired) electrons. The van der Waals surface area contributed by atoms with Gasteiger partial charge in [0.25, 0.3) is 0 Å². The van der Waals surface area contributed by atoms with E-state index in [2.05, 4.69) is 14.7 Å². The first-order valence-electron chi connectivity index (χ1n) is 4.89. The van der Waals surface area contributed by atoms with E-state index in [1.54, 1.807) is 6.07 Å². The van der Waals surface area contributed by atoms with Crippen LogP contribution in [0.4, 0.5) is 0 Å². The predicted octanol–water partition coefficient (Wildman–Crippen LogP) is -0.606. The minimum Gasteiger partial charge on any atom is -0.463 e. The molecule has 2 heterocycles. The number of carbonyl (C=O) groups excluding carboxylic acids is 1. The first-order valence-corrected chi connectivity index (χ1v) is 4.89. The van der Waals surface area contributed by atoms with Crippen LogP contribution in [-0.2, 0) is 14.0 Å². The molecule has 6 nitrogen and oxygen atoms in total. The maximum atomic E-state index is 11.2. The van der Waals surface area contributed by atoms with Gasteiger partial charge in [0.05, 0.1) is 25.4 Å². The summed E-state index contributed by atoms with van der Waals surface area (Å²) in [5.41, 5.74) is 0.528. The Morgan fingerprint density at radius 2 is 2.50 bits per heavy atom. The monoisotopic (exact) mass is 222 g/mol. The molecule has 1 atom stereocenters. The maximum absolute atomic E-state index is 11.2. The average molecular weight is 222 g/mol. The first-order chi connectivity index (χ1) is 7.70. The van der Waals surface area contributed by atoms with Crippen molar-refractivity contribution in [1.29, 1.82) is 0 Å². The van der Waals surface area contributed by atoms with Gasteiger partial charge in [-0.3, -0.25) is 0 Å². The van der Waals surface area contributed by atoms with E-state index in [9.17, 15) is 4.79 Å². The van der Waals surface area contributed by atoms with Crippen LogP contribution in [-0.4, -0.2) is 42.9 Å². The lowest BCUT2D eigenvalue weighted by molar-refractivity contribution is 0.0587. The van der Waals surface area contributed by atoms with Crippen LogP contribution in [0.25, 0.3) is 0 Å². The SMILES string of the molecule is COC(=O)c1nccc(B2OCC(C)O2)n1. The van der Waals surface area contributed by atoms with Gasteiger partial charge in [0.15, 0.2) is 0 Å². The number of ether oxygens (including phenoxy) is 1. The Kier molecular flexibility index (Phi) is 3.16. The lowest BCUT2D eigenvalue weighted by Gasteiger charge is -2.04. The van der Waals surface area contributed by atoms with Crippen molar-refractivity contribution in [3.63, 3.8) is 0 Å². The minimum absolute atomic E-state index is 0.00625. The highest BCUT2D eigenvalue weighted by molar-refractivity contribution is 6.60.